The molecule has 0 saturated carbocycles. The first-order valence-corrected chi connectivity index (χ1v) is 12.5. The first kappa shape index (κ1) is 24.2. The van der Waals surface area contributed by atoms with Gasteiger partial charge in [-0.2, -0.15) is 0 Å². The zero-order valence-corrected chi connectivity index (χ0v) is 21.0. The Bertz CT molecular complexity index is 1530. The number of carbonyl (C=O) groups is 2. The van der Waals surface area contributed by atoms with E-state index in [4.69, 9.17) is 9.47 Å². The Morgan fingerprint density at radius 2 is 1.89 bits per heavy atom. The van der Waals surface area contributed by atoms with Crippen molar-refractivity contribution in [3.8, 4) is 11.5 Å². The second-order valence-electron chi connectivity index (χ2n) is 8.12. The van der Waals surface area contributed by atoms with Crippen LogP contribution in [0.2, 0.25) is 0 Å². The van der Waals surface area contributed by atoms with E-state index in [1.165, 1.54) is 16.7 Å². The molecule has 0 fully saturated rings. The van der Waals surface area contributed by atoms with E-state index >= 15 is 0 Å². The largest absolute Gasteiger partial charge is 0.497 e. The minimum absolute atomic E-state index is 0.0774. The molecule has 1 aromatic heterocycles. The fourth-order valence-corrected chi connectivity index (χ4v) is 4.76. The number of methoxy groups -OCH3 is 2. The summed E-state index contributed by atoms with van der Waals surface area (Å²) < 4.78 is 10.8. The van der Waals surface area contributed by atoms with Crippen molar-refractivity contribution in [3.63, 3.8) is 0 Å². The highest BCUT2D eigenvalue weighted by molar-refractivity contribution is 8.14. The van der Waals surface area contributed by atoms with Crippen molar-refractivity contribution in [3.05, 3.63) is 90.3 Å². The van der Waals surface area contributed by atoms with Gasteiger partial charge in [0.1, 0.15) is 17.2 Å². The minimum Gasteiger partial charge on any atom is -0.497 e. The number of nitrogens with zero attached hydrogens (tertiary/aromatic N) is 2. The standard InChI is InChI=1S/C28H24N4O4S/c1-35-22-10-11-25(36-2)19(14-22)15-24-27(34)32(21-6-4-3-5-7-21)28(31-24)37-17-26(33)30-20-9-8-18-12-13-29-23(18)16-20/h3-16,29H,17H2,1-2H3,(H,30,33)/b24-15+. The van der Waals surface area contributed by atoms with Crippen molar-refractivity contribution in [2.45, 2.75) is 0 Å². The van der Waals surface area contributed by atoms with Crippen molar-refractivity contribution < 1.29 is 19.1 Å². The van der Waals surface area contributed by atoms with Gasteiger partial charge in [-0.05, 0) is 60.0 Å². The molecule has 5 rings (SSSR count). The van der Waals surface area contributed by atoms with Crippen molar-refractivity contribution in [1.82, 2.24) is 4.98 Å². The van der Waals surface area contributed by atoms with E-state index in [1.807, 2.05) is 60.8 Å². The van der Waals surface area contributed by atoms with E-state index < -0.39 is 0 Å². The van der Waals surface area contributed by atoms with Crippen LogP contribution in [-0.4, -0.2) is 41.9 Å². The SMILES string of the molecule is COc1ccc(OC)c(/C=C2/N=C(SCC(=O)Nc3ccc4cc[nH]c4c3)N(c3ccccc3)C2=O)c1. The summed E-state index contributed by atoms with van der Waals surface area (Å²) in [6, 6.07) is 22.2. The Morgan fingerprint density at radius 1 is 1.05 bits per heavy atom. The Hall–Kier alpha value is -4.50. The Kier molecular flexibility index (Phi) is 6.96. The average Bonchev–Trinajstić information content (AvgIpc) is 3.51. The van der Waals surface area contributed by atoms with Crippen LogP contribution in [0.1, 0.15) is 5.56 Å². The maximum Gasteiger partial charge on any atom is 0.283 e. The molecule has 1 aliphatic rings. The van der Waals surface area contributed by atoms with Gasteiger partial charge in [-0.1, -0.05) is 36.0 Å². The summed E-state index contributed by atoms with van der Waals surface area (Å²) >= 11 is 1.19. The molecule has 2 amide bonds. The van der Waals surface area contributed by atoms with Gasteiger partial charge in [-0.25, -0.2) is 4.99 Å². The average molecular weight is 513 g/mol. The lowest BCUT2D eigenvalue weighted by Gasteiger charge is -2.17. The molecule has 2 heterocycles. The van der Waals surface area contributed by atoms with E-state index in [1.54, 1.807) is 38.5 Å². The third-order valence-electron chi connectivity index (χ3n) is 5.74. The number of hydrogen-bond acceptors (Lipinski definition) is 6. The molecule has 0 aliphatic carbocycles. The summed E-state index contributed by atoms with van der Waals surface area (Å²) in [5, 5.41) is 4.39. The number of amides is 2. The lowest BCUT2D eigenvalue weighted by molar-refractivity contribution is -0.114. The number of anilines is 2. The number of thioether (sulfide) groups is 1. The van der Waals surface area contributed by atoms with Crippen LogP contribution in [0.5, 0.6) is 11.5 Å². The zero-order valence-electron chi connectivity index (χ0n) is 20.2. The highest BCUT2D eigenvalue weighted by Gasteiger charge is 2.32. The van der Waals surface area contributed by atoms with Gasteiger partial charge in [-0.15, -0.1) is 0 Å². The number of benzene rings is 3. The Balaban J connectivity index is 1.39. The number of ether oxygens (including phenoxy) is 2. The fourth-order valence-electron chi connectivity index (χ4n) is 3.95. The normalized spacial score (nSPS) is 14.2. The van der Waals surface area contributed by atoms with Crippen molar-refractivity contribution in [2.75, 3.05) is 30.2 Å². The topological polar surface area (TPSA) is 96.0 Å². The van der Waals surface area contributed by atoms with Crippen LogP contribution in [0.15, 0.2) is 89.7 Å². The summed E-state index contributed by atoms with van der Waals surface area (Å²) in [4.78, 5) is 35.5. The van der Waals surface area contributed by atoms with Crippen molar-refractivity contribution in [2.24, 2.45) is 4.99 Å². The van der Waals surface area contributed by atoms with Crippen LogP contribution in [0.25, 0.3) is 17.0 Å². The zero-order chi connectivity index (χ0) is 25.8. The summed E-state index contributed by atoms with van der Waals surface area (Å²) in [5.74, 6) is 0.795. The maximum absolute atomic E-state index is 13.5. The monoisotopic (exact) mass is 512 g/mol. The molecular weight excluding hydrogens is 488 g/mol. The van der Waals surface area contributed by atoms with Gasteiger partial charge in [0.15, 0.2) is 5.17 Å². The quantitative estimate of drug-likeness (QED) is 0.328. The van der Waals surface area contributed by atoms with Crippen LogP contribution in [0, 0.1) is 0 Å². The number of aliphatic imine (C=N–C) groups is 1. The summed E-state index contributed by atoms with van der Waals surface area (Å²) in [5.41, 5.74) is 3.18. The predicted octanol–water partition coefficient (Wildman–Crippen LogP) is 5.30. The highest BCUT2D eigenvalue weighted by atomic mass is 32.2. The van der Waals surface area contributed by atoms with Gasteiger partial charge in [0.05, 0.1) is 25.7 Å². The molecule has 8 nitrogen and oxygen atoms in total. The molecule has 1 aliphatic heterocycles. The first-order valence-electron chi connectivity index (χ1n) is 11.5. The lowest BCUT2D eigenvalue weighted by atomic mass is 10.1. The van der Waals surface area contributed by atoms with Gasteiger partial charge in [0, 0.05) is 23.0 Å². The fraction of sp³-hybridized carbons (Fsp3) is 0.107. The summed E-state index contributed by atoms with van der Waals surface area (Å²) in [7, 11) is 3.14. The molecule has 0 unspecified atom stereocenters. The van der Waals surface area contributed by atoms with E-state index in [-0.39, 0.29) is 23.3 Å². The van der Waals surface area contributed by atoms with Crippen LogP contribution >= 0.6 is 11.8 Å². The summed E-state index contributed by atoms with van der Waals surface area (Å²) in [6.07, 6.45) is 3.52. The Morgan fingerprint density at radius 3 is 2.68 bits per heavy atom. The smallest absolute Gasteiger partial charge is 0.283 e. The van der Waals surface area contributed by atoms with Gasteiger partial charge in [-0.3, -0.25) is 14.5 Å². The first-order chi connectivity index (χ1) is 18.1. The second-order valence-corrected chi connectivity index (χ2v) is 9.07. The number of carbonyl (C=O) groups excluding carboxylic acids is 2. The van der Waals surface area contributed by atoms with E-state index in [0.717, 1.165) is 10.9 Å². The molecule has 0 atom stereocenters. The van der Waals surface area contributed by atoms with Gasteiger partial charge in [0.25, 0.3) is 5.91 Å². The molecule has 4 aromatic rings. The van der Waals surface area contributed by atoms with Crippen molar-refractivity contribution >= 4 is 57.1 Å². The lowest BCUT2D eigenvalue weighted by Crippen LogP contribution is -2.31. The van der Waals surface area contributed by atoms with Crippen LogP contribution in [0.3, 0.4) is 0 Å². The number of amidine groups is 1. The van der Waals surface area contributed by atoms with E-state index in [0.29, 0.717) is 33.6 Å². The molecule has 0 bridgehead atoms. The second kappa shape index (κ2) is 10.6. The van der Waals surface area contributed by atoms with Crippen LogP contribution < -0.4 is 19.7 Å². The molecule has 0 saturated heterocycles. The Labute approximate surface area is 218 Å². The number of hydrogen-bond donors (Lipinski definition) is 2. The number of aromatic nitrogens is 1. The van der Waals surface area contributed by atoms with Crippen molar-refractivity contribution in [1.29, 1.82) is 0 Å². The molecule has 9 heteroatoms. The van der Waals surface area contributed by atoms with Gasteiger partial charge >= 0.3 is 0 Å². The van der Waals surface area contributed by atoms with Gasteiger partial charge < -0.3 is 19.8 Å². The predicted molar refractivity (Wildman–Crippen MR) is 148 cm³/mol. The van der Waals surface area contributed by atoms with Crippen LogP contribution in [0.4, 0.5) is 11.4 Å². The number of nitrogens with one attached hydrogen (secondary N) is 2. The molecule has 37 heavy (non-hydrogen) atoms. The number of fused-ring (bicyclic) bond motifs is 1. The maximum atomic E-state index is 13.5. The molecule has 2 N–H and O–H groups in total. The molecular formula is C28H24N4O4S. The minimum atomic E-state index is -0.295. The van der Waals surface area contributed by atoms with Crippen LogP contribution in [-0.2, 0) is 9.59 Å². The third kappa shape index (κ3) is 5.22. The van der Waals surface area contributed by atoms with E-state index in [9.17, 15) is 9.59 Å². The van der Waals surface area contributed by atoms with E-state index in [2.05, 4.69) is 15.3 Å². The molecule has 3 aromatic carbocycles. The van der Waals surface area contributed by atoms with Gasteiger partial charge in [0.2, 0.25) is 5.91 Å². The number of rotatable bonds is 7. The number of para-hydroxylation sites is 1. The molecule has 0 radical (unpaired) electrons. The number of H-pyrrole nitrogens is 1. The summed E-state index contributed by atoms with van der Waals surface area (Å²) in [6.45, 7) is 0. The number of aromatic amines is 1. The third-order valence-corrected chi connectivity index (χ3v) is 6.68. The molecule has 0 spiro atoms. The molecule has 186 valence electrons. The highest BCUT2D eigenvalue weighted by Crippen LogP contribution is 2.32.